The molecule has 3 heterocycles. The summed E-state index contributed by atoms with van der Waals surface area (Å²) in [4.78, 5) is 38.5. The molecule has 0 bridgehead atoms. The first kappa shape index (κ1) is 22.1. The van der Waals surface area contributed by atoms with E-state index in [0.717, 1.165) is 17.5 Å². The molecule has 0 radical (unpaired) electrons. The lowest BCUT2D eigenvalue weighted by molar-refractivity contribution is 0.458. The zero-order chi connectivity index (χ0) is 24.0. The Kier molecular flexibility index (Phi) is 5.59. The van der Waals surface area contributed by atoms with Gasteiger partial charge < -0.3 is 4.57 Å². The van der Waals surface area contributed by atoms with Crippen molar-refractivity contribution in [1.29, 1.82) is 5.26 Å². The van der Waals surface area contributed by atoms with E-state index >= 15 is 0 Å². The van der Waals surface area contributed by atoms with E-state index in [1.807, 2.05) is 4.98 Å². The number of nitrogens with one attached hydrogen (secondary N) is 1. The van der Waals surface area contributed by atoms with E-state index in [-0.39, 0.29) is 21.3 Å². The molecule has 1 aromatic carbocycles. The number of aromatic nitrogens is 6. The van der Waals surface area contributed by atoms with Crippen LogP contribution in [0.15, 0.2) is 44.8 Å². The molecule has 0 aliphatic heterocycles. The highest BCUT2D eigenvalue weighted by Crippen LogP contribution is 2.33. The van der Waals surface area contributed by atoms with Crippen molar-refractivity contribution >= 4 is 34.2 Å². The van der Waals surface area contributed by atoms with Crippen LogP contribution < -0.4 is 16.8 Å². The monoisotopic (exact) mass is 497 g/mol. The van der Waals surface area contributed by atoms with Crippen molar-refractivity contribution in [2.24, 2.45) is 5.92 Å². The average molecular weight is 498 g/mol. The van der Waals surface area contributed by atoms with Crippen LogP contribution in [0.1, 0.15) is 31.4 Å². The van der Waals surface area contributed by atoms with Crippen molar-refractivity contribution < 1.29 is 0 Å². The molecule has 4 aromatic rings. The standard InChI is InChI=1S/C22H17Cl2N7O3/c23-14-7-13(30-22(34)27-21(33)16(9-25)28-30)8-15(24)20(14)31-17-5-6-19(32)29(18(17)10-26-31)11-12-3-1-2-4-12/h5-8,10,12H,1-4,11H2,(H,27,33,34). The third kappa shape index (κ3) is 3.73. The maximum atomic E-state index is 12.6. The highest BCUT2D eigenvalue weighted by Gasteiger charge is 2.20. The molecular formula is C22H17Cl2N7O3. The minimum Gasteiger partial charge on any atom is -0.305 e. The van der Waals surface area contributed by atoms with Crippen molar-refractivity contribution in [2.45, 2.75) is 32.2 Å². The number of pyridine rings is 1. The quantitative estimate of drug-likeness (QED) is 0.460. The Morgan fingerprint density at radius 1 is 1.06 bits per heavy atom. The Balaban J connectivity index is 1.62. The Labute approximate surface area is 201 Å². The Morgan fingerprint density at radius 2 is 1.76 bits per heavy atom. The first-order chi connectivity index (χ1) is 16.4. The van der Waals surface area contributed by atoms with Crippen LogP contribution in [0.25, 0.3) is 22.4 Å². The number of benzene rings is 1. The Hall–Kier alpha value is -3.68. The number of hydrogen-bond acceptors (Lipinski definition) is 6. The number of rotatable bonds is 4. The predicted molar refractivity (Wildman–Crippen MR) is 126 cm³/mol. The average Bonchev–Trinajstić information content (AvgIpc) is 3.46. The topological polar surface area (TPSA) is 131 Å². The Bertz CT molecular complexity index is 1630. The van der Waals surface area contributed by atoms with E-state index in [1.54, 1.807) is 22.9 Å². The summed E-state index contributed by atoms with van der Waals surface area (Å²) in [7, 11) is 0. The van der Waals surface area contributed by atoms with Gasteiger partial charge in [0.25, 0.3) is 11.1 Å². The minimum atomic E-state index is -0.885. The molecule has 12 heteroatoms. The molecule has 0 atom stereocenters. The number of nitriles is 1. The van der Waals surface area contributed by atoms with E-state index < -0.39 is 16.9 Å². The molecule has 1 aliphatic rings. The largest absolute Gasteiger partial charge is 0.349 e. The van der Waals surface area contributed by atoms with Gasteiger partial charge in [-0.25, -0.2) is 9.48 Å². The van der Waals surface area contributed by atoms with E-state index in [1.165, 1.54) is 35.7 Å². The van der Waals surface area contributed by atoms with Crippen molar-refractivity contribution in [3.8, 4) is 17.4 Å². The fourth-order valence-corrected chi connectivity index (χ4v) is 5.05. The zero-order valence-corrected chi connectivity index (χ0v) is 19.2. The molecule has 1 aliphatic carbocycles. The highest BCUT2D eigenvalue weighted by molar-refractivity contribution is 6.38. The lowest BCUT2D eigenvalue weighted by Crippen LogP contribution is -2.33. The molecular weight excluding hydrogens is 481 g/mol. The van der Waals surface area contributed by atoms with Crippen molar-refractivity contribution in [3.63, 3.8) is 0 Å². The molecule has 172 valence electrons. The number of nitrogens with zero attached hydrogens (tertiary/aromatic N) is 6. The summed E-state index contributed by atoms with van der Waals surface area (Å²) in [5.41, 5.74) is -0.462. The van der Waals surface area contributed by atoms with Crippen LogP contribution in [0, 0.1) is 17.2 Å². The van der Waals surface area contributed by atoms with Crippen LogP contribution in [0.2, 0.25) is 10.0 Å². The second-order valence-electron chi connectivity index (χ2n) is 8.15. The van der Waals surface area contributed by atoms with Gasteiger partial charge in [-0.3, -0.25) is 14.6 Å². The second-order valence-corrected chi connectivity index (χ2v) is 8.96. The normalized spacial score (nSPS) is 14.0. The van der Waals surface area contributed by atoms with E-state index in [9.17, 15) is 14.4 Å². The van der Waals surface area contributed by atoms with Gasteiger partial charge in [-0.15, -0.1) is 5.10 Å². The molecule has 3 aromatic heterocycles. The van der Waals surface area contributed by atoms with Gasteiger partial charge in [0, 0.05) is 12.6 Å². The number of hydrogen-bond donors (Lipinski definition) is 1. The lowest BCUT2D eigenvalue weighted by Gasteiger charge is -2.14. The van der Waals surface area contributed by atoms with E-state index in [4.69, 9.17) is 28.5 Å². The smallest absolute Gasteiger partial charge is 0.305 e. The summed E-state index contributed by atoms with van der Waals surface area (Å²) < 4.78 is 4.11. The molecule has 34 heavy (non-hydrogen) atoms. The summed E-state index contributed by atoms with van der Waals surface area (Å²) in [6, 6.07) is 7.66. The first-order valence-corrected chi connectivity index (χ1v) is 11.3. The van der Waals surface area contributed by atoms with Gasteiger partial charge in [0.05, 0.1) is 33.0 Å². The molecule has 0 unspecified atom stereocenters. The summed E-state index contributed by atoms with van der Waals surface area (Å²) in [5.74, 6) is 0.458. The van der Waals surface area contributed by atoms with Crippen LogP contribution in [0.4, 0.5) is 0 Å². The van der Waals surface area contributed by atoms with Gasteiger partial charge in [0.1, 0.15) is 11.8 Å². The summed E-state index contributed by atoms with van der Waals surface area (Å²) in [6.45, 7) is 0.629. The summed E-state index contributed by atoms with van der Waals surface area (Å²) >= 11 is 13.1. The lowest BCUT2D eigenvalue weighted by atomic mass is 10.1. The molecule has 10 nitrogen and oxygen atoms in total. The van der Waals surface area contributed by atoms with Crippen LogP contribution in [0.3, 0.4) is 0 Å². The molecule has 1 N–H and O–H groups in total. The predicted octanol–water partition coefficient (Wildman–Crippen LogP) is 2.79. The van der Waals surface area contributed by atoms with Gasteiger partial charge in [-0.05, 0) is 37.0 Å². The number of H-pyrrole nitrogens is 1. The van der Waals surface area contributed by atoms with Gasteiger partial charge in [0.15, 0.2) is 0 Å². The third-order valence-corrected chi connectivity index (χ3v) is 6.61. The van der Waals surface area contributed by atoms with Crippen LogP contribution in [-0.4, -0.2) is 29.1 Å². The SMILES string of the molecule is N#Cc1nn(-c2cc(Cl)c(-n3ncc4c3ccc(=O)n4CC3CCCC3)c(Cl)c2)c(=O)[nH]c1=O. The molecule has 1 saturated carbocycles. The van der Waals surface area contributed by atoms with Gasteiger partial charge >= 0.3 is 5.69 Å². The fourth-order valence-electron chi connectivity index (χ4n) is 4.41. The van der Waals surface area contributed by atoms with E-state index in [0.29, 0.717) is 29.2 Å². The molecule has 0 saturated heterocycles. The maximum Gasteiger partial charge on any atom is 0.349 e. The van der Waals surface area contributed by atoms with E-state index in [2.05, 4.69) is 10.2 Å². The molecule has 5 rings (SSSR count). The van der Waals surface area contributed by atoms with Crippen molar-refractivity contribution in [2.75, 3.05) is 0 Å². The number of fused-ring (bicyclic) bond motifs is 1. The fraction of sp³-hybridized carbons (Fsp3) is 0.273. The van der Waals surface area contributed by atoms with Gasteiger partial charge in [-0.2, -0.15) is 15.0 Å². The maximum absolute atomic E-state index is 12.6. The molecule has 0 spiro atoms. The van der Waals surface area contributed by atoms with Crippen molar-refractivity contribution in [1.82, 2.24) is 29.1 Å². The second kappa shape index (κ2) is 8.59. The minimum absolute atomic E-state index is 0.0942. The Morgan fingerprint density at radius 3 is 2.44 bits per heavy atom. The van der Waals surface area contributed by atoms with Gasteiger partial charge in [-0.1, -0.05) is 36.0 Å². The summed E-state index contributed by atoms with van der Waals surface area (Å²) in [5, 5.41) is 17.6. The van der Waals surface area contributed by atoms with Crippen molar-refractivity contribution in [3.05, 3.63) is 77.4 Å². The van der Waals surface area contributed by atoms with Crippen LogP contribution in [-0.2, 0) is 6.54 Å². The van der Waals surface area contributed by atoms with Gasteiger partial charge in [0.2, 0.25) is 5.69 Å². The highest BCUT2D eigenvalue weighted by atomic mass is 35.5. The summed E-state index contributed by atoms with van der Waals surface area (Å²) in [6.07, 6.45) is 6.16. The van der Waals surface area contributed by atoms with Crippen LogP contribution in [0.5, 0.6) is 0 Å². The number of halogens is 2. The third-order valence-electron chi connectivity index (χ3n) is 6.03. The number of aromatic amines is 1. The molecule has 1 fully saturated rings. The first-order valence-electron chi connectivity index (χ1n) is 10.6. The zero-order valence-electron chi connectivity index (χ0n) is 17.7. The van der Waals surface area contributed by atoms with Crippen LogP contribution >= 0.6 is 23.2 Å². The molecule has 0 amide bonds.